The van der Waals surface area contributed by atoms with E-state index in [9.17, 15) is 4.79 Å². The monoisotopic (exact) mass is 271 g/mol. The van der Waals surface area contributed by atoms with Crippen molar-refractivity contribution in [3.8, 4) is 6.07 Å². The van der Waals surface area contributed by atoms with Crippen LogP contribution in [0.15, 0.2) is 24.3 Å². The third-order valence-corrected chi connectivity index (χ3v) is 3.93. The Morgan fingerprint density at radius 1 is 1.35 bits per heavy atom. The van der Waals surface area contributed by atoms with Gasteiger partial charge < -0.3 is 11.1 Å². The fourth-order valence-electron chi connectivity index (χ4n) is 2.73. The van der Waals surface area contributed by atoms with E-state index in [0.29, 0.717) is 12.1 Å². The molecule has 0 saturated heterocycles. The van der Waals surface area contributed by atoms with Crippen LogP contribution >= 0.6 is 0 Å². The second-order valence-corrected chi connectivity index (χ2v) is 5.44. The lowest BCUT2D eigenvalue weighted by atomic mass is 9.94. The minimum Gasteiger partial charge on any atom is -0.352 e. The molecule has 2 rings (SSSR count). The highest BCUT2D eigenvalue weighted by Crippen LogP contribution is 2.22. The summed E-state index contributed by atoms with van der Waals surface area (Å²) >= 11 is 0. The molecule has 1 saturated carbocycles. The third kappa shape index (κ3) is 3.82. The largest absolute Gasteiger partial charge is 0.352 e. The fourth-order valence-corrected chi connectivity index (χ4v) is 2.73. The zero-order chi connectivity index (χ0) is 14.4. The van der Waals surface area contributed by atoms with Gasteiger partial charge in [-0.2, -0.15) is 5.26 Å². The van der Waals surface area contributed by atoms with Gasteiger partial charge in [0.1, 0.15) is 0 Å². The lowest BCUT2D eigenvalue weighted by Gasteiger charge is -2.20. The zero-order valence-electron chi connectivity index (χ0n) is 11.6. The number of nitriles is 1. The summed E-state index contributed by atoms with van der Waals surface area (Å²) in [5, 5.41) is 11.8. The van der Waals surface area contributed by atoms with Gasteiger partial charge in [0.2, 0.25) is 5.91 Å². The van der Waals surface area contributed by atoms with Crippen LogP contribution in [0.4, 0.5) is 0 Å². The Morgan fingerprint density at radius 3 is 2.95 bits per heavy atom. The smallest absolute Gasteiger partial charge is 0.224 e. The number of nitrogens with two attached hydrogens (primary N) is 1. The molecule has 4 nitrogen and oxygen atoms in total. The van der Waals surface area contributed by atoms with Gasteiger partial charge in [0.15, 0.2) is 0 Å². The first-order valence-electron chi connectivity index (χ1n) is 7.23. The number of benzene rings is 1. The van der Waals surface area contributed by atoms with Gasteiger partial charge >= 0.3 is 0 Å². The van der Waals surface area contributed by atoms with Crippen LogP contribution in [-0.2, 0) is 11.3 Å². The van der Waals surface area contributed by atoms with Crippen molar-refractivity contribution >= 4 is 5.91 Å². The van der Waals surface area contributed by atoms with E-state index in [1.54, 1.807) is 12.1 Å². The van der Waals surface area contributed by atoms with Gasteiger partial charge in [-0.25, -0.2) is 0 Å². The van der Waals surface area contributed by atoms with Crippen molar-refractivity contribution in [1.82, 2.24) is 5.32 Å². The molecule has 2 atom stereocenters. The van der Waals surface area contributed by atoms with Crippen LogP contribution in [0, 0.1) is 17.2 Å². The Kier molecular flexibility index (Phi) is 5.14. The number of nitrogens with one attached hydrogen (secondary N) is 1. The molecule has 3 N–H and O–H groups in total. The van der Waals surface area contributed by atoms with Gasteiger partial charge in [0, 0.05) is 12.6 Å². The Bertz CT molecular complexity index is 507. The Labute approximate surface area is 120 Å². The van der Waals surface area contributed by atoms with E-state index in [0.717, 1.165) is 31.2 Å². The number of amides is 1. The quantitative estimate of drug-likeness (QED) is 0.826. The highest BCUT2D eigenvalue weighted by atomic mass is 16.1. The van der Waals surface area contributed by atoms with E-state index < -0.39 is 0 Å². The Morgan fingerprint density at radius 2 is 2.15 bits per heavy atom. The van der Waals surface area contributed by atoms with Crippen LogP contribution in [-0.4, -0.2) is 11.9 Å². The second kappa shape index (κ2) is 7.06. The molecule has 4 heteroatoms. The van der Waals surface area contributed by atoms with Crippen molar-refractivity contribution in [2.45, 2.75) is 44.7 Å². The van der Waals surface area contributed by atoms with Crippen molar-refractivity contribution in [3.63, 3.8) is 0 Å². The molecular formula is C16H21N3O. The molecule has 0 heterocycles. The van der Waals surface area contributed by atoms with Crippen LogP contribution in [0.1, 0.15) is 43.2 Å². The molecule has 0 aromatic heterocycles. The molecule has 1 aromatic rings. The standard InChI is InChI=1S/C16H21N3O/c17-10-12-5-4-6-13(9-12)11-19-16(20)14-7-2-1-3-8-15(14)18/h4-6,9,14-15H,1-3,7-8,11,18H2,(H,19,20). The van der Waals surface area contributed by atoms with Gasteiger partial charge in [-0.3, -0.25) is 4.79 Å². The first kappa shape index (κ1) is 14.5. The van der Waals surface area contributed by atoms with Crippen LogP contribution < -0.4 is 11.1 Å². The predicted octanol–water partition coefficient (Wildman–Crippen LogP) is 2.08. The van der Waals surface area contributed by atoms with Crippen molar-refractivity contribution in [1.29, 1.82) is 5.26 Å². The highest BCUT2D eigenvalue weighted by Gasteiger charge is 2.26. The first-order valence-corrected chi connectivity index (χ1v) is 7.23. The second-order valence-electron chi connectivity index (χ2n) is 5.44. The molecule has 106 valence electrons. The lowest BCUT2D eigenvalue weighted by molar-refractivity contribution is -0.126. The van der Waals surface area contributed by atoms with Gasteiger partial charge in [-0.15, -0.1) is 0 Å². The molecule has 1 amide bonds. The molecule has 0 bridgehead atoms. The van der Waals surface area contributed by atoms with E-state index in [1.165, 1.54) is 6.42 Å². The number of carbonyl (C=O) groups excluding carboxylic acids is 1. The summed E-state index contributed by atoms with van der Waals surface area (Å²) in [6.07, 6.45) is 5.18. The number of carbonyl (C=O) groups is 1. The van der Waals surface area contributed by atoms with Crippen molar-refractivity contribution in [2.24, 2.45) is 11.7 Å². The van der Waals surface area contributed by atoms with E-state index in [-0.39, 0.29) is 17.9 Å². The van der Waals surface area contributed by atoms with Crippen LogP contribution in [0.25, 0.3) is 0 Å². The minimum absolute atomic E-state index is 0.0251. The normalized spacial score (nSPS) is 22.6. The molecule has 0 aliphatic heterocycles. The van der Waals surface area contributed by atoms with E-state index in [1.807, 2.05) is 12.1 Å². The SMILES string of the molecule is N#Cc1cccc(CNC(=O)C2CCCCCC2N)c1. The van der Waals surface area contributed by atoms with Gasteiger partial charge in [0.25, 0.3) is 0 Å². The van der Waals surface area contributed by atoms with Gasteiger partial charge in [-0.05, 0) is 30.5 Å². The third-order valence-electron chi connectivity index (χ3n) is 3.93. The average molecular weight is 271 g/mol. The number of rotatable bonds is 3. The fraction of sp³-hybridized carbons (Fsp3) is 0.500. The van der Waals surface area contributed by atoms with Gasteiger partial charge in [0.05, 0.1) is 17.6 Å². The van der Waals surface area contributed by atoms with E-state index >= 15 is 0 Å². The number of hydrogen-bond acceptors (Lipinski definition) is 3. The molecule has 1 aromatic carbocycles. The van der Waals surface area contributed by atoms with Crippen LogP contribution in [0.3, 0.4) is 0 Å². The summed E-state index contributed by atoms with van der Waals surface area (Å²) in [5.41, 5.74) is 7.65. The maximum Gasteiger partial charge on any atom is 0.224 e. The van der Waals surface area contributed by atoms with Gasteiger partial charge in [-0.1, -0.05) is 31.4 Å². The predicted molar refractivity (Wildman–Crippen MR) is 77.6 cm³/mol. The molecule has 1 aliphatic rings. The molecule has 20 heavy (non-hydrogen) atoms. The van der Waals surface area contributed by atoms with Crippen LogP contribution in [0.5, 0.6) is 0 Å². The summed E-state index contributed by atoms with van der Waals surface area (Å²) in [6, 6.07) is 9.37. The van der Waals surface area contributed by atoms with E-state index in [2.05, 4.69) is 11.4 Å². The molecule has 2 unspecified atom stereocenters. The maximum atomic E-state index is 12.2. The maximum absolute atomic E-state index is 12.2. The molecule has 0 radical (unpaired) electrons. The Balaban J connectivity index is 1.92. The number of hydrogen-bond donors (Lipinski definition) is 2. The minimum atomic E-state index is -0.0725. The topological polar surface area (TPSA) is 78.9 Å². The van der Waals surface area contributed by atoms with Crippen molar-refractivity contribution in [2.75, 3.05) is 0 Å². The Hall–Kier alpha value is -1.86. The summed E-state index contributed by atoms with van der Waals surface area (Å²) < 4.78 is 0. The zero-order valence-corrected chi connectivity index (χ0v) is 11.6. The molecule has 1 aliphatic carbocycles. The van der Waals surface area contributed by atoms with Crippen molar-refractivity contribution in [3.05, 3.63) is 35.4 Å². The lowest BCUT2D eigenvalue weighted by Crippen LogP contribution is -2.41. The average Bonchev–Trinajstić information content (AvgIpc) is 2.69. The summed E-state index contributed by atoms with van der Waals surface area (Å²) in [5.74, 6) is -0.0292. The van der Waals surface area contributed by atoms with Crippen molar-refractivity contribution < 1.29 is 4.79 Å². The molecule has 0 spiro atoms. The van der Waals surface area contributed by atoms with E-state index in [4.69, 9.17) is 11.0 Å². The summed E-state index contributed by atoms with van der Waals surface area (Å²) in [4.78, 5) is 12.2. The highest BCUT2D eigenvalue weighted by molar-refractivity contribution is 5.79. The molecular weight excluding hydrogens is 250 g/mol. The number of nitrogens with zero attached hydrogens (tertiary/aromatic N) is 1. The summed E-state index contributed by atoms with van der Waals surface area (Å²) in [7, 11) is 0. The summed E-state index contributed by atoms with van der Waals surface area (Å²) in [6.45, 7) is 0.456. The van der Waals surface area contributed by atoms with Crippen LogP contribution in [0.2, 0.25) is 0 Å². The molecule has 1 fully saturated rings. The first-order chi connectivity index (χ1) is 9.70.